The molecule has 0 bridgehead atoms. The topological polar surface area (TPSA) is 8.17 Å². The van der Waals surface area contributed by atoms with Crippen LogP contribution in [0.15, 0.2) is 261 Å². The quantitative estimate of drug-likeness (QED) is 0.140. The maximum Gasteiger partial charge on any atom is 0.0541 e. The number of para-hydroxylation sites is 3. The fourth-order valence-electron chi connectivity index (χ4n) is 11.7. The minimum Gasteiger partial charge on any atom is -0.310 e. The Bertz CT molecular complexity index is 4010. The van der Waals surface area contributed by atoms with Crippen molar-refractivity contribution in [1.29, 1.82) is 0 Å². The molecule has 0 spiro atoms. The number of benzene rings is 11. The summed E-state index contributed by atoms with van der Waals surface area (Å²) in [7, 11) is 0. The van der Waals surface area contributed by atoms with Crippen LogP contribution in [0.1, 0.15) is 23.6 Å². The van der Waals surface area contributed by atoms with Gasteiger partial charge in [0.25, 0.3) is 0 Å². The fraction of sp³-hybridized carbons (Fsp3) is 0.0294. The van der Waals surface area contributed by atoms with Crippen molar-refractivity contribution in [2.24, 2.45) is 0 Å². The molecule has 0 saturated heterocycles. The van der Waals surface area contributed by atoms with E-state index < -0.39 is 0 Å². The molecule has 10 aromatic carbocycles. The first kappa shape index (κ1) is 40.1. The van der Waals surface area contributed by atoms with E-state index in [4.69, 9.17) is 0 Å². The number of anilines is 3. The van der Waals surface area contributed by atoms with Gasteiger partial charge in [-0.15, -0.1) is 0 Å². The first-order chi connectivity index (χ1) is 34.6. The average Bonchev–Trinajstić information content (AvgIpc) is 3.85. The van der Waals surface area contributed by atoms with Crippen LogP contribution < -0.4 is 4.90 Å². The molecule has 3 aliphatic carbocycles. The molecule has 0 aliphatic heterocycles. The molecule has 2 heteroatoms. The van der Waals surface area contributed by atoms with Crippen molar-refractivity contribution in [3.05, 3.63) is 278 Å². The van der Waals surface area contributed by atoms with Gasteiger partial charge in [-0.05, 0) is 152 Å². The number of nitrogens with zero attached hydrogens (tertiary/aromatic N) is 2. The predicted octanol–water partition coefficient (Wildman–Crippen LogP) is 18.2. The van der Waals surface area contributed by atoms with Crippen LogP contribution in [0.5, 0.6) is 0 Å². The molecule has 1 atom stereocenters. The van der Waals surface area contributed by atoms with Crippen molar-refractivity contribution in [3.63, 3.8) is 0 Å². The zero-order chi connectivity index (χ0) is 46.3. The summed E-state index contributed by atoms with van der Waals surface area (Å²) < 4.78 is 2.38. The van der Waals surface area contributed by atoms with Gasteiger partial charge in [-0.25, -0.2) is 0 Å². The van der Waals surface area contributed by atoms with Crippen molar-refractivity contribution in [3.8, 4) is 72.4 Å². The van der Waals surface area contributed by atoms with Crippen LogP contribution >= 0.6 is 0 Å². The highest BCUT2D eigenvalue weighted by atomic mass is 15.1. The highest BCUT2D eigenvalue weighted by molar-refractivity contribution is 6.10. The first-order valence-electron chi connectivity index (χ1n) is 24.3. The summed E-state index contributed by atoms with van der Waals surface area (Å²) in [6, 6.07) is 96.3. The van der Waals surface area contributed by atoms with Crippen LogP contribution in [-0.4, -0.2) is 4.57 Å². The van der Waals surface area contributed by atoms with E-state index in [0.29, 0.717) is 0 Å². The molecule has 70 heavy (non-hydrogen) atoms. The molecule has 0 amide bonds. The Morgan fingerprint density at radius 3 is 1.54 bits per heavy atom. The SMILES string of the molecule is CC1(c2ccccc2)c2ccccc2-c2cc(N(c3ccc(-c4ccc5c(c4)c4ccccc4n5-c4ccccc4)cc3)c3ccccc3-c3ccccc3-c3ccccc3-c3ccc4cc3-4)ccc21. The van der Waals surface area contributed by atoms with Crippen molar-refractivity contribution in [2.75, 3.05) is 4.90 Å². The molecule has 0 N–H and O–H groups in total. The van der Waals surface area contributed by atoms with E-state index in [9.17, 15) is 0 Å². The van der Waals surface area contributed by atoms with Crippen LogP contribution in [-0.2, 0) is 5.41 Å². The number of hydrogen-bond acceptors (Lipinski definition) is 1. The van der Waals surface area contributed by atoms with E-state index >= 15 is 0 Å². The Kier molecular flexibility index (Phi) is 9.06. The maximum absolute atomic E-state index is 2.48. The van der Waals surface area contributed by atoms with Crippen molar-refractivity contribution in [1.82, 2.24) is 4.57 Å². The fourth-order valence-corrected chi connectivity index (χ4v) is 11.7. The van der Waals surface area contributed by atoms with Gasteiger partial charge in [0.2, 0.25) is 0 Å². The van der Waals surface area contributed by atoms with Gasteiger partial charge in [0, 0.05) is 38.8 Å². The second kappa shape index (κ2) is 15.8. The van der Waals surface area contributed by atoms with Crippen molar-refractivity contribution < 1.29 is 0 Å². The number of aromatic nitrogens is 1. The Morgan fingerprint density at radius 1 is 0.314 bits per heavy atom. The lowest BCUT2D eigenvalue weighted by Gasteiger charge is -2.31. The van der Waals surface area contributed by atoms with E-state index in [-0.39, 0.29) is 5.41 Å². The van der Waals surface area contributed by atoms with Crippen LogP contribution in [0.3, 0.4) is 0 Å². The molecule has 1 unspecified atom stereocenters. The summed E-state index contributed by atoms with van der Waals surface area (Å²) in [5, 5.41) is 2.49. The molecule has 1 aromatic heterocycles. The van der Waals surface area contributed by atoms with E-state index in [1.165, 1.54) is 99.7 Å². The molecule has 0 saturated carbocycles. The van der Waals surface area contributed by atoms with Crippen LogP contribution in [0.4, 0.5) is 17.1 Å². The van der Waals surface area contributed by atoms with Crippen molar-refractivity contribution in [2.45, 2.75) is 12.3 Å². The van der Waals surface area contributed by atoms with Gasteiger partial charge in [-0.1, -0.05) is 194 Å². The van der Waals surface area contributed by atoms with Gasteiger partial charge >= 0.3 is 0 Å². The molecule has 14 rings (SSSR count). The second-order valence-corrected chi connectivity index (χ2v) is 18.9. The lowest BCUT2D eigenvalue weighted by Crippen LogP contribution is -2.22. The summed E-state index contributed by atoms with van der Waals surface area (Å²) in [5.74, 6) is 0. The molecule has 2 nitrogen and oxygen atoms in total. The molecule has 3 aliphatic rings. The zero-order valence-corrected chi connectivity index (χ0v) is 38.7. The molecule has 1 heterocycles. The largest absolute Gasteiger partial charge is 0.310 e. The molecular weight excluding hydrogens is 845 g/mol. The molecule has 0 fully saturated rings. The van der Waals surface area contributed by atoms with E-state index in [1.807, 2.05) is 0 Å². The molecule has 0 radical (unpaired) electrons. The maximum atomic E-state index is 2.48. The monoisotopic (exact) mass is 890 g/mol. The lowest BCUT2D eigenvalue weighted by atomic mass is 9.74. The standard InChI is InChI=1S/C68H46N2/c1-68(48-18-4-2-5-19-48)63-29-15-12-26-57(63)61-44-51(38-40-64(61)68)69(65-30-16-13-27-58(65)55-25-11-10-23-53(55)52-22-8-9-24-54(52)56-39-34-47-43-60(47)56)50-36-32-45(33-37-50)46-35-41-67-62(42-46)59-28-14-17-31-66(59)70(67)49-20-6-3-7-21-49/h2-44H,1H3. The Morgan fingerprint density at radius 2 is 0.843 bits per heavy atom. The zero-order valence-electron chi connectivity index (χ0n) is 38.7. The van der Waals surface area contributed by atoms with Crippen LogP contribution in [0.25, 0.3) is 94.3 Å². The third kappa shape index (κ3) is 6.20. The van der Waals surface area contributed by atoms with E-state index in [0.717, 1.165) is 28.3 Å². The average molecular weight is 891 g/mol. The summed E-state index contributed by atoms with van der Waals surface area (Å²) >= 11 is 0. The van der Waals surface area contributed by atoms with Crippen molar-refractivity contribution >= 4 is 38.9 Å². The van der Waals surface area contributed by atoms with Gasteiger partial charge in [-0.2, -0.15) is 0 Å². The Balaban J connectivity index is 0.938. The van der Waals surface area contributed by atoms with Gasteiger partial charge in [-0.3, -0.25) is 0 Å². The highest BCUT2D eigenvalue weighted by Gasteiger charge is 2.41. The molecule has 328 valence electrons. The van der Waals surface area contributed by atoms with Gasteiger partial charge in [0.15, 0.2) is 0 Å². The highest BCUT2D eigenvalue weighted by Crippen LogP contribution is 2.55. The molecule has 11 aromatic rings. The number of rotatable bonds is 9. The van der Waals surface area contributed by atoms with Gasteiger partial charge < -0.3 is 9.47 Å². The normalized spacial score (nSPS) is 14.1. The minimum atomic E-state index is -0.293. The van der Waals surface area contributed by atoms with Gasteiger partial charge in [0.1, 0.15) is 0 Å². The predicted molar refractivity (Wildman–Crippen MR) is 294 cm³/mol. The number of hydrogen-bond donors (Lipinski definition) is 0. The molecular formula is C68H46N2. The lowest BCUT2D eigenvalue weighted by molar-refractivity contribution is 0.714. The summed E-state index contributed by atoms with van der Waals surface area (Å²) in [6.07, 6.45) is 0. The van der Waals surface area contributed by atoms with Crippen LogP contribution in [0, 0.1) is 0 Å². The van der Waals surface area contributed by atoms with E-state index in [2.05, 4.69) is 277 Å². The Labute approximate surface area is 408 Å². The Hall–Kier alpha value is -8.98. The smallest absolute Gasteiger partial charge is 0.0541 e. The summed E-state index contributed by atoms with van der Waals surface area (Å²) in [6.45, 7) is 2.39. The minimum absolute atomic E-state index is 0.293. The van der Waals surface area contributed by atoms with Gasteiger partial charge in [0.05, 0.1) is 16.7 Å². The third-order valence-corrected chi connectivity index (χ3v) is 15.2. The van der Waals surface area contributed by atoms with Crippen LogP contribution in [0.2, 0.25) is 0 Å². The van der Waals surface area contributed by atoms with E-state index in [1.54, 1.807) is 0 Å². The summed E-state index contributed by atoms with van der Waals surface area (Å²) in [4.78, 5) is 2.48. The summed E-state index contributed by atoms with van der Waals surface area (Å²) in [5.41, 5.74) is 25.5. The number of fused-ring (bicyclic) bond motifs is 7. The third-order valence-electron chi connectivity index (χ3n) is 15.2. The second-order valence-electron chi connectivity index (χ2n) is 18.9. The first-order valence-corrected chi connectivity index (χ1v) is 24.3.